The van der Waals surface area contributed by atoms with Gasteiger partial charge < -0.3 is 15.4 Å². The van der Waals surface area contributed by atoms with Crippen LogP contribution in [0.2, 0.25) is 5.02 Å². The van der Waals surface area contributed by atoms with Gasteiger partial charge in [0.25, 0.3) is 5.91 Å². The summed E-state index contributed by atoms with van der Waals surface area (Å²) in [7, 11) is 1.62. The number of amides is 1. The molecule has 0 saturated carbocycles. The van der Waals surface area contributed by atoms with Gasteiger partial charge in [0, 0.05) is 24.2 Å². The first-order chi connectivity index (χ1) is 13.5. The highest BCUT2D eigenvalue weighted by Crippen LogP contribution is 2.17. The number of nitrogens with one attached hydrogen (secondary N) is 2. The van der Waals surface area contributed by atoms with Gasteiger partial charge in [0.15, 0.2) is 0 Å². The van der Waals surface area contributed by atoms with Crippen LogP contribution in [0.15, 0.2) is 54.6 Å². The molecule has 2 aromatic carbocycles. The Balaban J connectivity index is 1.64. The number of ether oxygens (including phenoxy) is 1. The summed E-state index contributed by atoms with van der Waals surface area (Å²) in [6.07, 6.45) is 0. The number of aromatic nitrogens is 2. The van der Waals surface area contributed by atoms with Gasteiger partial charge in [-0.15, -0.1) is 0 Å². The zero-order chi connectivity index (χ0) is 19.9. The zero-order valence-corrected chi connectivity index (χ0v) is 16.5. The van der Waals surface area contributed by atoms with Gasteiger partial charge in [-0.25, -0.2) is 9.97 Å². The van der Waals surface area contributed by atoms with E-state index in [1.807, 2.05) is 48.5 Å². The number of anilines is 1. The molecule has 0 atom stereocenters. The molecule has 1 aromatic heterocycles. The molecular formula is C21H21ClN4O2. The van der Waals surface area contributed by atoms with Crippen LogP contribution in [-0.4, -0.2) is 23.0 Å². The predicted octanol–water partition coefficient (Wildman–Crippen LogP) is 3.99. The van der Waals surface area contributed by atoms with Gasteiger partial charge in [-0.2, -0.15) is 0 Å². The molecule has 0 fully saturated rings. The summed E-state index contributed by atoms with van der Waals surface area (Å²) in [5, 5.41) is 6.74. The van der Waals surface area contributed by atoms with Gasteiger partial charge in [-0.05, 0) is 36.2 Å². The maximum Gasteiger partial charge on any atom is 0.270 e. The Labute approximate surface area is 168 Å². The summed E-state index contributed by atoms with van der Waals surface area (Å²) in [4.78, 5) is 21.1. The second-order valence-corrected chi connectivity index (χ2v) is 6.57. The minimum Gasteiger partial charge on any atom is -0.497 e. The van der Waals surface area contributed by atoms with E-state index in [2.05, 4.69) is 20.6 Å². The average molecular weight is 397 g/mol. The summed E-state index contributed by atoms with van der Waals surface area (Å²) < 4.78 is 5.13. The smallest absolute Gasteiger partial charge is 0.270 e. The molecule has 0 unspecified atom stereocenters. The normalized spacial score (nSPS) is 10.4. The van der Waals surface area contributed by atoms with E-state index < -0.39 is 0 Å². The molecule has 0 aliphatic heterocycles. The molecular weight excluding hydrogens is 376 g/mol. The molecule has 1 amide bonds. The molecule has 0 saturated heterocycles. The fraction of sp³-hybridized carbons (Fsp3) is 0.190. The molecule has 28 heavy (non-hydrogen) atoms. The van der Waals surface area contributed by atoms with E-state index in [1.165, 1.54) is 0 Å². The molecule has 0 aliphatic carbocycles. The Morgan fingerprint density at radius 3 is 2.54 bits per heavy atom. The second-order valence-electron chi connectivity index (χ2n) is 6.16. The van der Waals surface area contributed by atoms with Crippen LogP contribution in [0.1, 0.15) is 27.4 Å². The van der Waals surface area contributed by atoms with E-state index in [9.17, 15) is 4.79 Å². The number of aryl methyl sites for hydroxylation is 1. The van der Waals surface area contributed by atoms with E-state index in [1.54, 1.807) is 20.1 Å². The molecule has 0 spiro atoms. The Kier molecular flexibility index (Phi) is 6.45. The van der Waals surface area contributed by atoms with Crippen LogP contribution in [0.5, 0.6) is 5.75 Å². The van der Waals surface area contributed by atoms with Gasteiger partial charge >= 0.3 is 0 Å². The van der Waals surface area contributed by atoms with Crippen LogP contribution >= 0.6 is 11.6 Å². The SMILES string of the molecule is COc1ccc(CNC(=O)c2cc(NCc3ccccc3Cl)nc(C)n2)cc1. The molecule has 7 heteroatoms. The van der Waals surface area contributed by atoms with Crippen LogP contribution < -0.4 is 15.4 Å². The first-order valence-corrected chi connectivity index (χ1v) is 9.17. The molecule has 0 radical (unpaired) electrons. The van der Waals surface area contributed by atoms with Crippen molar-refractivity contribution in [2.45, 2.75) is 20.0 Å². The number of carbonyl (C=O) groups is 1. The molecule has 2 N–H and O–H groups in total. The standard InChI is InChI=1S/C21H21ClN4O2/c1-14-25-19(21(27)24-12-15-7-9-17(28-2)10-8-15)11-20(26-14)23-13-16-5-3-4-6-18(16)22/h3-11H,12-13H2,1-2H3,(H,24,27)(H,23,25,26). The van der Waals surface area contributed by atoms with E-state index in [0.717, 1.165) is 16.9 Å². The Hall–Kier alpha value is -3.12. The predicted molar refractivity (Wildman–Crippen MR) is 110 cm³/mol. The number of methoxy groups -OCH3 is 1. The third-order valence-electron chi connectivity index (χ3n) is 4.10. The number of hydrogen-bond acceptors (Lipinski definition) is 5. The molecule has 0 aliphatic rings. The number of carbonyl (C=O) groups excluding carboxylic acids is 1. The monoisotopic (exact) mass is 396 g/mol. The lowest BCUT2D eigenvalue weighted by atomic mass is 10.2. The third-order valence-corrected chi connectivity index (χ3v) is 4.47. The lowest BCUT2D eigenvalue weighted by molar-refractivity contribution is 0.0945. The summed E-state index contributed by atoms with van der Waals surface area (Å²) in [5.74, 6) is 1.60. The summed E-state index contributed by atoms with van der Waals surface area (Å²) in [6.45, 7) is 2.65. The van der Waals surface area contributed by atoms with Gasteiger partial charge in [-0.1, -0.05) is 41.9 Å². The van der Waals surface area contributed by atoms with Crippen molar-refractivity contribution in [3.63, 3.8) is 0 Å². The first kappa shape index (κ1) is 19.6. The molecule has 1 heterocycles. The molecule has 0 bridgehead atoms. The van der Waals surface area contributed by atoms with Gasteiger partial charge in [0.1, 0.15) is 23.1 Å². The van der Waals surface area contributed by atoms with Crippen molar-refractivity contribution < 1.29 is 9.53 Å². The Morgan fingerprint density at radius 1 is 1.07 bits per heavy atom. The van der Waals surface area contributed by atoms with Crippen LogP contribution in [0.4, 0.5) is 5.82 Å². The minimum absolute atomic E-state index is 0.262. The lowest BCUT2D eigenvalue weighted by Crippen LogP contribution is -2.24. The highest BCUT2D eigenvalue weighted by atomic mass is 35.5. The minimum atomic E-state index is -0.262. The van der Waals surface area contributed by atoms with E-state index in [0.29, 0.717) is 35.4 Å². The van der Waals surface area contributed by atoms with Crippen molar-refractivity contribution in [2.24, 2.45) is 0 Å². The number of nitrogens with zero attached hydrogens (tertiary/aromatic N) is 2. The number of rotatable bonds is 7. The highest BCUT2D eigenvalue weighted by molar-refractivity contribution is 6.31. The number of hydrogen-bond donors (Lipinski definition) is 2. The average Bonchev–Trinajstić information content (AvgIpc) is 2.71. The van der Waals surface area contributed by atoms with E-state index in [4.69, 9.17) is 16.3 Å². The van der Waals surface area contributed by atoms with Crippen molar-refractivity contribution >= 4 is 23.3 Å². The molecule has 3 aromatic rings. The number of halogens is 1. The Morgan fingerprint density at radius 2 is 1.82 bits per heavy atom. The van der Waals surface area contributed by atoms with Crippen LogP contribution in [0.25, 0.3) is 0 Å². The van der Waals surface area contributed by atoms with Gasteiger partial charge in [0.05, 0.1) is 7.11 Å². The lowest BCUT2D eigenvalue weighted by Gasteiger charge is -2.10. The summed E-state index contributed by atoms with van der Waals surface area (Å²) in [5.41, 5.74) is 2.23. The zero-order valence-electron chi connectivity index (χ0n) is 15.7. The fourth-order valence-corrected chi connectivity index (χ4v) is 2.82. The van der Waals surface area contributed by atoms with E-state index >= 15 is 0 Å². The van der Waals surface area contributed by atoms with Crippen molar-refractivity contribution in [3.8, 4) is 5.75 Å². The van der Waals surface area contributed by atoms with Crippen LogP contribution in [-0.2, 0) is 13.1 Å². The Bertz CT molecular complexity index is 961. The molecule has 144 valence electrons. The molecule has 6 nitrogen and oxygen atoms in total. The van der Waals surface area contributed by atoms with Gasteiger partial charge in [0.2, 0.25) is 0 Å². The molecule has 3 rings (SSSR count). The highest BCUT2D eigenvalue weighted by Gasteiger charge is 2.11. The fourth-order valence-electron chi connectivity index (χ4n) is 2.62. The quantitative estimate of drug-likeness (QED) is 0.631. The summed E-state index contributed by atoms with van der Waals surface area (Å²) in [6, 6.07) is 16.7. The van der Waals surface area contributed by atoms with Gasteiger partial charge in [-0.3, -0.25) is 4.79 Å². The maximum absolute atomic E-state index is 12.5. The third kappa shape index (κ3) is 5.20. The second kappa shape index (κ2) is 9.19. The maximum atomic E-state index is 12.5. The summed E-state index contributed by atoms with van der Waals surface area (Å²) >= 11 is 6.18. The van der Waals surface area contributed by atoms with Crippen molar-refractivity contribution in [1.29, 1.82) is 0 Å². The van der Waals surface area contributed by atoms with Crippen LogP contribution in [0, 0.1) is 6.92 Å². The van der Waals surface area contributed by atoms with Crippen molar-refractivity contribution in [2.75, 3.05) is 12.4 Å². The number of benzene rings is 2. The topological polar surface area (TPSA) is 76.1 Å². The van der Waals surface area contributed by atoms with Crippen molar-refractivity contribution in [3.05, 3.63) is 82.3 Å². The van der Waals surface area contributed by atoms with Crippen LogP contribution in [0.3, 0.4) is 0 Å². The van der Waals surface area contributed by atoms with E-state index in [-0.39, 0.29) is 5.91 Å². The van der Waals surface area contributed by atoms with Crippen molar-refractivity contribution in [1.82, 2.24) is 15.3 Å². The largest absolute Gasteiger partial charge is 0.497 e. The first-order valence-electron chi connectivity index (χ1n) is 8.79.